The fraction of sp³-hybridized carbons (Fsp3) is 0.250. The Balaban J connectivity index is 1.85. The zero-order valence-electron chi connectivity index (χ0n) is 11.5. The van der Waals surface area contributed by atoms with Gasteiger partial charge in [-0.25, -0.2) is 0 Å². The summed E-state index contributed by atoms with van der Waals surface area (Å²) in [5.41, 5.74) is 7.32. The van der Waals surface area contributed by atoms with Crippen LogP contribution in [0.15, 0.2) is 41.8 Å². The summed E-state index contributed by atoms with van der Waals surface area (Å²) in [6, 6.07) is 12.9. The minimum absolute atomic E-state index is 0.627. The molecule has 0 atom stereocenters. The molecule has 0 aliphatic rings. The molecule has 3 aromatic rings. The molecule has 0 radical (unpaired) electrons. The SMILES string of the molecule is CN(Cc1cccs1)Cc1c(CN)sc2ccccc12. The van der Waals surface area contributed by atoms with Crippen LogP contribution >= 0.6 is 22.7 Å². The van der Waals surface area contributed by atoms with Gasteiger partial charge in [0.05, 0.1) is 0 Å². The fourth-order valence-electron chi connectivity index (χ4n) is 2.48. The van der Waals surface area contributed by atoms with E-state index in [2.05, 4.69) is 53.7 Å². The van der Waals surface area contributed by atoms with Crippen molar-refractivity contribution in [2.24, 2.45) is 5.73 Å². The standard InChI is InChI=1S/C16H18N2S2/c1-18(10-12-5-4-8-19-12)11-14-13-6-2-3-7-15(13)20-16(14)9-17/h2-8H,9-11,17H2,1H3. The van der Waals surface area contributed by atoms with E-state index in [0.717, 1.165) is 13.1 Å². The fourth-order valence-corrected chi connectivity index (χ4v) is 4.36. The molecule has 3 rings (SSSR count). The maximum atomic E-state index is 5.92. The van der Waals surface area contributed by atoms with Gasteiger partial charge in [0.2, 0.25) is 0 Å². The number of nitrogens with two attached hydrogens (primary N) is 1. The topological polar surface area (TPSA) is 29.3 Å². The van der Waals surface area contributed by atoms with Gasteiger partial charge in [0.1, 0.15) is 0 Å². The van der Waals surface area contributed by atoms with E-state index in [4.69, 9.17) is 5.73 Å². The highest BCUT2D eigenvalue weighted by Crippen LogP contribution is 2.32. The Labute approximate surface area is 127 Å². The number of hydrogen-bond donors (Lipinski definition) is 1. The first-order chi connectivity index (χ1) is 9.78. The van der Waals surface area contributed by atoms with Crippen LogP contribution < -0.4 is 5.73 Å². The van der Waals surface area contributed by atoms with Crippen molar-refractivity contribution in [2.75, 3.05) is 7.05 Å². The van der Waals surface area contributed by atoms with Gasteiger partial charge in [0.25, 0.3) is 0 Å². The summed E-state index contributed by atoms with van der Waals surface area (Å²) in [6.07, 6.45) is 0. The van der Waals surface area contributed by atoms with Crippen molar-refractivity contribution in [3.05, 3.63) is 57.1 Å². The highest BCUT2D eigenvalue weighted by atomic mass is 32.1. The summed E-state index contributed by atoms with van der Waals surface area (Å²) >= 11 is 3.64. The van der Waals surface area contributed by atoms with E-state index in [1.54, 1.807) is 0 Å². The van der Waals surface area contributed by atoms with Gasteiger partial charge in [-0.05, 0) is 35.5 Å². The molecule has 0 saturated carbocycles. The highest BCUT2D eigenvalue weighted by molar-refractivity contribution is 7.19. The van der Waals surface area contributed by atoms with Crippen LogP contribution in [0.1, 0.15) is 15.3 Å². The first kappa shape index (κ1) is 13.8. The molecule has 0 fully saturated rings. The monoisotopic (exact) mass is 302 g/mol. The number of hydrogen-bond acceptors (Lipinski definition) is 4. The predicted octanol–water partition coefficient (Wildman–Crippen LogP) is 4.05. The molecule has 0 saturated heterocycles. The van der Waals surface area contributed by atoms with Gasteiger partial charge in [0.15, 0.2) is 0 Å². The van der Waals surface area contributed by atoms with Crippen molar-refractivity contribution < 1.29 is 0 Å². The molecule has 1 aromatic carbocycles. The Morgan fingerprint density at radius 2 is 1.95 bits per heavy atom. The lowest BCUT2D eigenvalue weighted by Crippen LogP contribution is -2.17. The van der Waals surface area contributed by atoms with Crippen molar-refractivity contribution in [1.82, 2.24) is 4.90 Å². The van der Waals surface area contributed by atoms with Gasteiger partial charge in [-0.15, -0.1) is 22.7 Å². The molecule has 4 heteroatoms. The third-order valence-electron chi connectivity index (χ3n) is 3.40. The molecular weight excluding hydrogens is 284 g/mol. The van der Waals surface area contributed by atoms with Crippen LogP contribution in [0, 0.1) is 0 Å². The second-order valence-electron chi connectivity index (χ2n) is 4.96. The maximum absolute atomic E-state index is 5.92. The smallest absolute Gasteiger partial charge is 0.0349 e. The second kappa shape index (κ2) is 6.06. The number of thiophene rings is 2. The van der Waals surface area contributed by atoms with Gasteiger partial charge in [0, 0.05) is 34.1 Å². The van der Waals surface area contributed by atoms with Crippen molar-refractivity contribution >= 4 is 32.8 Å². The zero-order valence-corrected chi connectivity index (χ0v) is 13.1. The average molecular weight is 302 g/mol. The maximum Gasteiger partial charge on any atom is 0.0349 e. The minimum atomic E-state index is 0.627. The van der Waals surface area contributed by atoms with Crippen LogP contribution in [-0.2, 0) is 19.6 Å². The number of fused-ring (bicyclic) bond motifs is 1. The molecule has 20 heavy (non-hydrogen) atoms. The lowest BCUT2D eigenvalue weighted by Gasteiger charge is -2.16. The Bertz CT molecular complexity index is 686. The van der Waals surface area contributed by atoms with Crippen molar-refractivity contribution in [3.8, 4) is 0 Å². The lowest BCUT2D eigenvalue weighted by atomic mass is 10.1. The molecule has 2 N–H and O–H groups in total. The molecule has 0 aliphatic carbocycles. The van der Waals surface area contributed by atoms with Crippen LogP contribution in [0.2, 0.25) is 0 Å². The molecule has 2 heterocycles. The zero-order chi connectivity index (χ0) is 13.9. The average Bonchev–Trinajstić information content (AvgIpc) is 3.07. The first-order valence-corrected chi connectivity index (χ1v) is 8.38. The second-order valence-corrected chi connectivity index (χ2v) is 7.12. The summed E-state index contributed by atoms with van der Waals surface area (Å²) in [5.74, 6) is 0. The van der Waals surface area contributed by atoms with Gasteiger partial charge >= 0.3 is 0 Å². The van der Waals surface area contributed by atoms with Gasteiger partial charge in [-0.2, -0.15) is 0 Å². The van der Waals surface area contributed by atoms with E-state index in [-0.39, 0.29) is 0 Å². The molecular formula is C16H18N2S2. The molecule has 0 spiro atoms. The van der Waals surface area contributed by atoms with Gasteiger partial charge in [-0.1, -0.05) is 24.3 Å². The number of rotatable bonds is 5. The third kappa shape index (κ3) is 2.79. The van der Waals surface area contributed by atoms with E-state index in [0.29, 0.717) is 6.54 Å². The van der Waals surface area contributed by atoms with Gasteiger partial charge in [-0.3, -0.25) is 4.90 Å². The van der Waals surface area contributed by atoms with E-state index in [1.807, 2.05) is 22.7 Å². The number of benzene rings is 1. The molecule has 0 bridgehead atoms. The van der Waals surface area contributed by atoms with Gasteiger partial charge < -0.3 is 5.73 Å². The Morgan fingerprint density at radius 1 is 1.10 bits per heavy atom. The Kier molecular flexibility index (Phi) is 4.17. The van der Waals surface area contributed by atoms with Crippen LogP contribution in [0.3, 0.4) is 0 Å². The lowest BCUT2D eigenvalue weighted by molar-refractivity contribution is 0.322. The summed E-state index contributed by atoms with van der Waals surface area (Å²) in [7, 11) is 2.17. The molecule has 0 unspecified atom stereocenters. The van der Waals surface area contributed by atoms with Crippen LogP contribution in [0.5, 0.6) is 0 Å². The number of nitrogens with zero attached hydrogens (tertiary/aromatic N) is 1. The summed E-state index contributed by atoms with van der Waals surface area (Å²) in [5, 5.41) is 3.49. The summed E-state index contributed by atoms with van der Waals surface area (Å²) in [4.78, 5) is 5.07. The third-order valence-corrected chi connectivity index (χ3v) is 5.50. The van der Waals surface area contributed by atoms with Crippen LogP contribution in [0.4, 0.5) is 0 Å². The summed E-state index contributed by atoms with van der Waals surface area (Å²) < 4.78 is 1.34. The quantitative estimate of drug-likeness (QED) is 0.770. The first-order valence-electron chi connectivity index (χ1n) is 6.68. The molecule has 104 valence electrons. The molecule has 0 aliphatic heterocycles. The summed E-state index contributed by atoms with van der Waals surface area (Å²) in [6.45, 7) is 2.57. The molecule has 2 aromatic heterocycles. The van der Waals surface area contributed by atoms with Crippen molar-refractivity contribution in [3.63, 3.8) is 0 Å². The minimum Gasteiger partial charge on any atom is -0.326 e. The van der Waals surface area contributed by atoms with E-state index in [9.17, 15) is 0 Å². The van der Waals surface area contributed by atoms with E-state index < -0.39 is 0 Å². The normalized spacial score (nSPS) is 11.6. The van der Waals surface area contributed by atoms with Crippen molar-refractivity contribution in [2.45, 2.75) is 19.6 Å². The van der Waals surface area contributed by atoms with Crippen molar-refractivity contribution in [1.29, 1.82) is 0 Å². The van der Waals surface area contributed by atoms with Crippen LogP contribution in [0.25, 0.3) is 10.1 Å². The Hall–Kier alpha value is -1.20. The largest absolute Gasteiger partial charge is 0.326 e. The van der Waals surface area contributed by atoms with E-state index in [1.165, 1.54) is 25.4 Å². The predicted molar refractivity (Wildman–Crippen MR) is 89.2 cm³/mol. The molecule has 0 amide bonds. The van der Waals surface area contributed by atoms with E-state index >= 15 is 0 Å². The molecule has 2 nitrogen and oxygen atoms in total. The van der Waals surface area contributed by atoms with Crippen LogP contribution in [-0.4, -0.2) is 11.9 Å². The highest BCUT2D eigenvalue weighted by Gasteiger charge is 2.13. The Morgan fingerprint density at radius 3 is 2.70 bits per heavy atom.